The average molecular weight is 421 g/mol. The Morgan fingerprint density at radius 1 is 1.19 bits per heavy atom. The third-order valence-electron chi connectivity index (χ3n) is 5.31. The second-order valence-corrected chi connectivity index (χ2v) is 7.50. The Hall–Kier alpha value is -3.48. The van der Waals surface area contributed by atoms with Gasteiger partial charge < -0.3 is 15.0 Å². The van der Waals surface area contributed by atoms with E-state index in [-0.39, 0.29) is 31.4 Å². The molecule has 7 nitrogen and oxygen atoms in total. The van der Waals surface area contributed by atoms with Gasteiger partial charge in [0.1, 0.15) is 6.54 Å². The topological polar surface area (TPSA) is 88.6 Å². The van der Waals surface area contributed by atoms with Crippen molar-refractivity contribution in [2.75, 3.05) is 13.2 Å². The molecule has 0 aliphatic carbocycles. The maximum Gasteiger partial charge on any atom is 0.336 e. The lowest BCUT2D eigenvalue weighted by Gasteiger charge is -2.34. The molecule has 1 unspecified atom stereocenters. The first-order valence-electron chi connectivity index (χ1n) is 10.3. The highest BCUT2D eigenvalue weighted by atomic mass is 16.5. The molecule has 2 heterocycles. The number of pyridine rings is 1. The number of hydrogen-bond donors (Lipinski definition) is 1. The zero-order valence-corrected chi connectivity index (χ0v) is 18.1. The molecule has 1 aliphatic heterocycles. The number of carbonyl (C=O) groups is 3. The standard InChI is InChI=1S/C24H27N3O4/c1-4-31-24(30)23-17(3)27(15-21(28)26-14-18-6-5-11-25-13-18)22(29)12-20(23)19-9-7-16(2)8-10-19/h5-11,13,20H,4,12,14-15H2,1-3H3,(H,26,28). The smallest absolute Gasteiger partial charge is 0.336 e. The lowest BCUT2D eigenvalue weighted by Crippen LogP contribution is -2.44. The molecule has 1 aromatic heterocycles. The van der Waals surface area contributed by atoms with Gasteiger partial charge in [-0.1, -0.05) is 35.9 Å². The van der Waals surface area contributed by atoms with E-state index in [1.54, 1.807) is 32.3 Å². The number of rotatable bonds is 7. The Morgan fingerprint density at radius 3 is 2.58 bits per heavy atom. The van der Waals surface area contributed by atoms with E-state index in [1.165, 1.54) is 4.90 Å². The van der Waals surface area contributed by atoms with Crippen molar-refractivity contribution in [2.24, 2.45) is 0 Å². The van der Waals surface area contributed by atoms with Crippen LogP contribution in [0.4, 0.5) is 0 Å². The molecule has 1 atom stereocenters. The normalized spacial score (nSPS) is 16.3. The van der Waals surface area contributed by atoms with E-state index >= 15 is 0 Å². The van der Waals surface area contributed by atoms with Crippen LogP contribution in [-0.2, 0) is 25.7 Å². The number of benzene rings is 1. The van der Waals surface area contributed by atoms with Gasteiger partial charge in [-0.2, -0.15) is 0 Å². The third-order valence-corrected chi connectivity index (χ3v) is 5.31. The zero-order valence-electron chi connectivity index (χ0n) is 18.1. The predicted molar refractivity (Wildman–Crippen MR) is 116 cm³/mol. The summed E-state index contributed by atoms with van der Waals surface area (Å²) < 4.78 is 5.28. The number of ether oxygens (including phenoxy) is 1. The lowest BCUT2D eigenvalue weighted by molar-refractivity contribution is -0.141. The highest BCUT2D eigenvalue weighted by Crippen LogP contribution is 2.37. The van der Waals surface area contributed by atoms with E-state index in [2.05, 4.69) is 10.3 Å². The van der Waals surface area contributed by atoms with Crippen molar-refractivity contribution in [1.29, 1.82) is 0 Å². The van der Waals surface area contributed by atoms with E-state index in [4.69, 9.17) is 4.74 Å². The minimum absolute atomic E-state index is 0.102. The number of nitrogens with one attached hydrogen (secondary N) is 1. The van der Waals surface area contributed by atoms with Gasteiger partial charge in [0, 0.05) is 37.0 Å². The van der Waals surface area contributed by atoms with Crippen LogP contribution in [0.15, 0.2) is 60.1 Å². The minimum atomic E-state index is -0.459. The quantitative estimate of drug-likeness (QED) is 0.695. The predicted octanol–water partition coefficient (Wildman–Crippen LogP) is 2.86. The fourth-order valence-corrected chi connectivity index (χ4v) is 3.66. The van der Waals surface area contributed by atoms with E-state index in [0.29, 0.717) is 17.8 Å². The van der Waals surface area contributed by atoms with Crippen LogP contribution in [0.5, 0.6) is 0 Å². The second kappa shape index (κ2) is 10.0. The molecule has 1 aromatic carbocycles. The van der Waals surface area contributed by atoms with Crippen molar-refractivity contribution >= 4 is 17.8 Å². The molecule has 0 fully saturated rings. The fourth-order valence-electron chi connectivity index (χ4n) is 3.66. The van der Waals surface area contributed by atoms with Crippen LogP contribution < -0.4 is 5.32 Å². The number of aromatic nitrogens is 1. The summed E-state index contributed by atoms with van der Waals surface area (Å²) in [7, 11) is 0. The van der Waals surface area contributed by atoms with Gasteiger partial charge >= 0.3 is 5.97 Å². The van der Waals surface area contributed by atoms with Crippen molar-refractivity contribution in [3.63, 3.8) is 0 Å². The van der Waals surface area contributed by atoms with Crippen molar-refractivity contribution in [3.8, 4) is 0 Å². The Kier molecular flexibility index (Phi) is 7.18. The number of aryl methyl sites for hydroxylation is 1. The molecular formula is C24H27N3O4. The van der Waals surface area contributed by atoms with Crippen molar-refractivity contribution in [3.05, 3.63) is 76.8 Å². The van der Waals surface area contributed by atoms with Crippen LogP contribution in [0.25, 0.3) is 0 Å². The molecule has 2 aromatic rings. The molecular weight excluding hydrogens is 394 g/mol. The highest BCUT2D eigenvalue weighted by molar-refractivity contribution is 5.97. The van der Waals surface area contributed by atoms with Crippen LogP contribution in [-0.4, -0.2) is 40.8 Å². The molecule has 0 bridgehead atoms. The lowest BCUT2D eigenvalue weighted by atomic mass is 9.83. The van der Waals surface area contributed by atoms with Gasteiger partial charge in [-0.05, 0) is 38.0 Å². The van der Waals surface area contributed by atoms with Crippen LogP contribution >= 0.6 is 0 Å². The molecule has 2 amide bonds. The fraction of sp³-hybridized carbons (Fsp3) is 0.333. The maximum absolute atomic E-state index is 12.9. The Balaban J connectivity index is 1.83. The first kappa shape index (κ1) is 22.2. The summed E-state index contributed by atoms with van der Waals surface area (Å²) in [4.78, 5) is 43.6. The summed E-state index contributed by atoms with van der Waals surface area (Å²) in [5, 5.41) is 2.79. The SMILES string of the molecule is CCOC(=O)C1=C(C)N(CC(=O)NCc2cccnc2)C(=O)CC1c1ccc(C)cc1. The van der Waals surface area contributed by atoms with Gasteiger partial charge in [-0.3, -0.25) is 14.6 Å². The van der Waals surface area contributed by atoms with Gasteiger partial charge in [0.05, 0.1) is 12.2 Å². The van der Waals surface area contributed by atoms with E-state index < -0.39 is 11.9 Å². The summed E-state index contributed by atoms with van der Waals surface area (Å²) in [6, 6.07) is 11.4. The van der Waals surface area contributed by atoms with Crippen LogP contribution in [0, 0.1) is 6.92 Å². The molecule has 31 heavy (non-hydrogen) atoms. The van der Waals surface area contributed by atoms with E-state index in [0.717, 1.165) is 16.7 Å². The van der Waals surface area contributed by atoms with Crippen molar-refractivity contribution in [2.45, 2.75) is 39.7 Å². The van der Waals surface area contributed by atoms with Gasteiger partial charge in [0.25, 0.3) is 0 Å². The molecule has 0 radical (unpaired) electrons. The second-order valence-electron chi connectivity index (χ2n) is 7.50. The molecule has 1 aliphatic rings. The Morgan fingerprint density at radius 2 is 1.94 bits per heavy atom. The number of nitrogens with zero attached hydrogens (tertiary/aromatic N) is 2. The minimum Gasteiger partial charge on any atom is -0.463 e. The van der Waals surface area contributed by atoms with Crippen LogP contribution in [0.3, 0.4) is 0 Å². The number of hydrogen-bond acceptors (Lipinski definition) is 5. The summed E-state index contributed by atoms with van der Waals surface area (Å²) in [5.41, 5.74) is 3.71. The Labute approximate surface area is 182 Å². The van der Waals surface area contributed by atoms with Crippen molar-refractivity contribution in [1.82, 2.24) is 15.2 Å². The summed E-state index contributed by atoms with van der Waals surface area (Å²) in [6.45, 7) is 5.80. The van der Waals surface area contributed by atoms with Crippen molar-refractivity contribution < 1.29 is 19.1 Å². The maximum atomic E-state index is 12.9. The first-order chi connectivity index (χ1) is 14.9. The van der Waals surface area contributed by atoms with E-state index in [1.807, 2.05) is 37.3 Å². The number of allylic oxidation sites excluding steroid dienone is 1. The number of carbonyl (C=O) groups excluding carboxylic acids is 3. The zero-order chi connectivity index (χ0) is 22.4. The molecule has 7 heteroatoms. The van der Waals surface area contributed by atoms with Gasteiger partial charge in [-0.25, -0.2) is 4.79 Å². The largest absolute Gasteiger partial charge is 0.463 e. The molecule has 3 rings (SSSR count). The molecule has 0 spiro atoms. The molecule has 0 saturated carbocycles. The third kappa shape index (κ3) is 5.36. The first-order valence-corrected chi connectivity index (χ1v) is 10.3. The molecule has 1 N–H and O–H groups in total. The molecule has 162 valence electrons. The monoisotopic (exact) mass is 421 g/mol. The van der Waals surface area contributed by atoms with E-state index in [9.17, 15) is 14.4 Å². The van der Waals surface area contributed by atoms with Gasteiger partial charge in [0.15, 0.2) is 0 Å². The Bertz CT molecular complexity index is 984. The summed E-state index contributed by atoms with van der Waals surface area (Å²) in [6.07, 6.45) is 3.43. The summed E-state index contributed by atoms with van der Waals surface area (Å²) >= 11 is 0. The number of esters is 1. The number of amides is 2. The van der Waals surface area contributed by atoms with Crippen LogP contribution in [0.1, 0.15) is 42.9 Å². The van der Waals surface area contributed by atoms with Gasteiger partial charge in [0.2, 0.25) is 11.8 Å². The summed E-state index contributed by atoms with van der Waals surface area (Å²) in [5.74, 6) is -1.37. The van der Waals surface area contributed by atoms with Gasteiger partial charge in [-0.15, -0.1) is 0 Å². The average Bonchev–Trinajstić information content (AvgIpc) is 2.76. The molecule has 0 saturated heterocycles. The van der Waals surface area contributed by atoms with Crippen LogP contribution in [0.2, 0.25) is 0 Å². The highest BCUT2D eigenvalue weighted by Gasteiger charge is 2.37.